The Morgan fingerprint density at radius 1 is 1.02 bits per heavy atom. The first-order valence-corrected chi connectivity index (χ1v) is 16.9. The molecule has 0 fully saturated rings. The highest BCUT2D eigenvalue weighted by atomic mass is 32.2. The molecule has 0 aliphatic heterocycles. The van der Waals surface area contributed by atoms with Crippen molar-refractivity contribution in [2.75, 3.05) is 24.4 Å². The summed E-state index contributed by atoms with van der Waals surface area (Å²) >= 11 is 0. The number of nitrogens with zero attached hydrogens (tertiary/aromatic N) is 2. The van der Waals surface area contributed by atoms with Gasteiger partial charge in [-0.05, 0) is 48.3 Å². The molecule has 2 aromatic carbocycles. The highest BCUT2D eigenvalue weighted by Gasteiger charge is 2.38. The fraction of sp³-hybridized carbons (Fsp3) is 0.286. The number of hydrogen-bond donors (Lipinski definition) is 5. The lowest BCUT2D eigenvalue weighted by Crippen LogP contribution is -2.49. The Bertz CT molecular complexity index is 1840. The number of carbonyl (C=O) groups excluding carboxylic acids is 1. The van der Waals surface area contributed by atoms with Crippen molar-refractivity contribution in [2.24, 2.45) is 10.9 Å². The summed E-state index contributed by atoms with van der Waals surface area (Å²) in [5.41, 5.74) is 8.70. The number of allylic oxidation sites excluding steroid dienone is 3. The lowest BCUT2D eigenvalue weighted by atomic mass is 9.90. The van der Waals surface area contributed by atoms with Gasteiger partial charge in [0.2, 0.25) is 15.9 Å². The van der Waals surface area contributed by atoms with E-state index in [1.54, 1.807) is 43.3 Å². The van der Waals surface area contributed by atoms with Crippen molar-refractivity contribution >= 4 is 49.1 Å². The third-order valence-electron chi connectivity index (χ3n) is 6.63. The topological polar surface area (TPSA) is 234 Å². The van der Waals surface area contributed by atoms with Crippen LogP contribution in [0.1, 0.15) is 19.8 Å². The summed E-state index contributed by atoms with van der Waals surface area (Å²) in [5.74, 6) is -4.99. The zero-order valence-electron chi connectivity index (χ0n) is 25.0. The average Bonchev–Trinajstić information content (AvgIpc) is 2.96. The maximum Gasteiger partial charge on any atom is 0.490 e. The van der Waals surface area contributed by atoms with Gasteiger partial charge in [-0.1, -0.05) is 41.6 Å². The molecule has 47 heavy (non-hydrogen) atoms. The van der Waals surface area contributed by atoms with Crippen LogP contribution < -0.4 is 11.1 Å². The molecule has 1 unspecified atom stereocenters. The number of sulfone groups is 1. The smallest absolute Gasteiger partial charge is 0.480 e. The number of halogens is 3. The monoisotopic (exact) mass is 704 g/mol. The summed E-state index contributed by atoms with van der Waals surface area (Å²) in [6.45, 7) is 0.669. The first-order chi connectivity index (χ1) is 21.6. The van der Waals surface area contributed by atoms with Crippen LogP contribution >= 0.6 is 0 Å². The number of carbonyl (C=O) groups is 3. The summed E-state index contributed by atoms with van der Waals surface area (Å²) in [6.07, 6.45) is -1.59. The van der Waals surface area contributed by atoms with Crippen LogP contribution in [0.5, 0.6) is 0 Å². The summed E-state index contributed by atoms with van der Waals surface area (Å²) in [6, 6.07) is 11.3. The molecule has 0 heterocycles. The normalized spacial score (nSPS) is 15.4. The number of aliphatic carboxylic acids is 2. The van der Waals surface area contributed by atoms with Crippen LogP contribution in [0.4, 0.5) is 18.9 Å². The molecule has 0 saturated carbocycles. The molecule has 6 N–H and O–H groups in total. The number of carboxylic acid groups (broad SMARTS) is 2. The van der Waals surface area contributed by atoms with Gasteiger partial charge < -0.3 is 26.5 Å². The Kier molecular flexibility index (Phi) is 12.5. The molecule has 14 nitrogen and oxygen atoms in total. The molecular weight excluding hydrogens is 673 g/mol. The molecule has 1 aliphatic carbocycles. The average molecular weight is 705 g/mol. The molecule has 0 spiro atoms. The summed E-state index contributed by atoms with van der Waals surface area (Å²) in [4.78, 5) is 34.0. The third-order valence-corrected chi connectivity index (χ3v) is 9.02. The summed E-state index contributed by atoms with van der Waals surface area (Å²) in [7, 11) is -7.66. The minimum Gasteiger partial charge on any atom is -0.480 e. The van der Waals surface area contributed by atoms with Gasteiger partial charge in [0.25, 0.3) is 0 Å². The number of hydrogen-bond acceptors (Lipinski definition) is 10. The molecule has 0 aromatic heterocycles. The molecule has 0 bridgehead atoms. The predicted octanol–water partition coefficient (Wildman–Crippen LogP) is 2.83. The third kappa shape index (κ3) is 10.6. The highest BCUT2D eigenvalue weighted by Crippen LogP contribution is 2.30. The molecule has 2 aromatic rings. The molecule has 3 rings (SSSR count). The van der Waals surface area contributed by atoms with E-state index in [2.05, 4.69) is 10.5 Å². The van der Waals surface area contributed by atoms with Crippen molar-refractivity contribution in [3.63, 3.8) is 0 Å². The highest BCUT2D eigenvalue weighted by molar-refractivity contribution is 7.90. The van der Waals surface area contributed by atoms with E-state index in [9.17, 15) is 44.7 Å². The standard InChI is InChI=1S/C26H30N4O8S2.C2HF3O2/c1-16-18(10-13-21(29-34)25(16)27)14-22(30(15-24(31)32)40(3,37)38)26(33)28-19-11-8-17(9-12-19)20-6-4-5-7-23(20)39(2,35)36;3-2(4,5)1(6)7/h4-12,22,34H,13-15,27H2,1-3H3,(H,28,33)(H,31,32);(H,6,7). The van der Waals surface area contributed by atoms with E-state index in [0.717, 1.165) is 12.5 Å². The Balaban J connectivity index is 0.000000984. The second kappa shape index (κ2) is 15.2. The molecule has 1 amide bonds. The second-order valence-corrected chi connectivity index (χ2v) is 14.0. The van der Waals surface area contributed by atoms with Gasteiger partial charge >= 0.3 is 18.1 Å². The Morgan fingerprint density at radius 3 is 2.04 bits per heavy atom. The van der Waals surface area contributed by atoms with E-state index in [0.29, 0.717) is 26.6 Å². The Morgan fingerprint density at radius 2 is 1.57 bits per heavy atom. The van der Waals surface area contributed by atoms with Gasteiger partial charge in [0, 0.05) is 23.9 Å². The van der Waals surface area contributed by atoms with Crippen molar-refractivity contribution in [2.45, 2.75) is 36.9 Å². The molecular formula is C28H31F3N4O10S2. The number of rotatable bonds is 10. The van der Waals surface area contributed by atoms with Crippen LogP contribution in [0.25, 0.3) is 11.1 Å². The van der Waals surface area contributed by atoms with Gasteiger partial charge in [0.05, 0.1) is 16.8 Å². The van der Waals surface area contributed by atoms with Gasteiger partial charge in [0.1, 0.15) is 18.3 Å². The molecule has 1 aliphatic rings. The van der Waals surface area contributed by atoms with E-state index in [1.165, 1.54) is 18.2 Å². The number of benzene rings is 2. The van der Waals surface area contributed by atoms with Crippen molar-refractivity contribution in [1.29, 1.82) is 0 Å². The summed E-state index contributed by atoms with van der Waals surface area (Å²) in [5, 5.41) is 31.4. The first-order valence-electron chi connectivity index (χ1n) is 13.1. The van der Waals surface area contributed by atoms with Crippen molar-refractivity contribution < 1.29 is 59.8 Å². The van der Waals surface area contributed by atoms with Crippen molar-refractivity contribution in [3.05, 3.63) is 71.5 Å². The number of nitrogens with one attached hydrogen (secondary N) is 1. The van der Waals surface area contributed by atoms with Crippen LogP contribution in [0.2, 0.25) is 0 Å². The van der Waals surface area contributed by atoms with E-state index >= 15 is 0 Å². The van der Waals surface area contributed by atoms with Crippen LogP contribution in [-0.2, 0) is 34.2 Å². The van der Waals surface area contributed by atoms with E-state index < -0.39 is 56.5 Å². The maximum atomic E-state index is 13.5. The minimum absolute atomic E-state index is 0.136. The number of sulfonamides is 1. The van der Waals surface area contributed by atoms with Crippen LogP contribution in [0.3, 0.4) is 0 Å². The lowest BCUT2D eigenvalue weighted by molar-refractivity contribution is -0.192. The molecule has 256 valence electrons. The van der Waals surface area contributed by atoms with E-state index in [4.69, 9.17) is 20.8 Å². The quantitative estimate of drug-likeness (QED) is 0.178. The molecule has 0 radical (unpaired) electrons. The number of amides is 1. The SMILES string of the molecule is CC1=C(N)C(=NO)CC=C1CC(C(=O)Nc1ccc(-c2ccccc2S(C)(=O)=O)cc1)N(CC(=O)O)S(C)(=O)=O.O=C(O)C(F)(F)F. The molecule has 1 atom stereocenters. The number of oxime groups is 1. The van der Waals surface area contributed by atoms with Gasteiger partial charge in [0.15, 0.2) is 9.84 Å². The largest absolute Gasteiger partial charge is 0.490 e. The fourth-order valence-corrected chi connectivity index (χ4v) is 6.20. The van der Waals surface area contributed by atoms with E-state index in [-0.39, 0.29) is 34.8 Å². The van der Waals surface area contributed by atoms with Gasteiger partial charge in [-0.2, -0.15) is 17.5 Å². The second-order valence-electron chi connectivity index (χ2n) is 10.1. The van der Waals surface area contributed by atoms with Gasteiger partial charge in [-0.25, -0.2) is 21.6 Å². The number of carboxylic acids is 2. The minimum atomic E-state index is -5.08. The van der Waals surface area contributed by atoms with Crippen LogP contribution in [-0.4, -0.2) is 91.4 Å². The number of anilines is 1. The van der Waals surface area contributed by atoms with Gasteiger partial charge in [-0.3, -0.25) is 9.59 Å². The number of nitrogens with two attached hydrogens (primary N) is 1. The zero-order valence-corrected chi connectivity index (χ0v) is 26.6. The van der Waals surface area contributed by atoms with Crippen LogP contribution in [0.15, 0.2) is 81.5 Å². The molecule has 19 heteroatoms. The van der Waals surface area contributed by atoms with Crippen molar-refractivity contribution in [3.8, 4) is 11.1 Å². The first kappa shape index (κ1) is 38.4. The Labute approximate surface area is 267 Å². The van der Waals surface area contributed by atoms with E-state index in [1.807, 2.05) is 0 Å². The maximum absolute atomic E-state index is 13.5. The zero-order chi connectivity index (χ0) is 35.9. The predicted molar refractivity (Wildman–Crippen MR) is 164 cm³/mol. The van der Waals surface area contributed by atoms with Gasteiger partial charge in [-0.15, -0.1) is 0 Å². The fourth-order valence-electron chi connectivity index (χ4n) is 4.32. The van der Waals surface area contributed by atoms with Crippen LogP contribution in [0, 0.1) is 0 Å². The number of alkyl halides is 3. The van der Waals surface area contributed by atoms with Crippen molar-refractivity contribution in [1.82, 2.24) is 4.31 Å². The lowest BCUT2D eigenvalue weighted by Gasteiger charge is -2.29. The Hall–Kier alpha value is -4.75. The molecule has 0 saturated heterocycles. The summed E-state index contributed by atoms with van der Waals surface area (Å²) < 4.78 is 81.9.